The van der Waals surface area contributed by atoms with Crippen LogP contribution >= 0.6 is 11.9 Å². The van der Waals surface area contributed by atoms with Gasteiger partial charge in [0.2, 0.25) is 0 Å². The molecule has 0 aliphatic carbocycles. The minimum atomic E-state index is -0.343. The topological polar surface area (TPSA) is 84.1 Å². The number of pyridine rings is 2. The van der Waals surface area contributed by atoms with Crippen molar-refractivity contribution in [1.29, 1.82) is 0 Å². The summed E-state index contributed by atoms with van der Waals surface area (Å²) in [7, 11) is 0. The van der Waals surface area contributed by atoms with Crippen LogP contribution in [0.4, 0.5) is 0 Å². The number of carbonyl (C=O) groups excluding carboxylic acids is 1. The van der Waals surface area contributed by atoms with Gasteiger partial charge in [-0.15, -0.1) is 0 Å². The highest BCUT2D eigenvalue weighted by molar-refractivity contribution is 7.96. The fourth-order valence-electron chi connectivity index (χ4n) is 1.77. The largest absolute Gasteiger partial charge is 0.290 e. The Labute approximate surface area is 127 Å². The Morgan fingerprint density at radius 2 is 2.00 bits per heavy atom. The summed E-state index contributed by atoms with van der Waals surface area (Å²) in [6.45, 7) is 1.40. The highest BCUT2D eigenvalue weighted by atomic mass is 32.2. The quantitative estimate of drug-likeness (QED) is 0.363. The molecule has 0 aliphatic rings. The van der Waals surface area contributed by atoms with Gasteiger partial charge in [-0.05, 0) is 30.5 Å². The molecule has 110 valence electrons. The van der Waals surface area contributed by atoms with E-state index < -0.39 is 0 Å². The molecule has 7 heteroatoms. The Hall–Kier alpha value is -1.96. The average Bonchev–Trinajstić information content (AvgIpc) is 2.55. The van der Waals surface area contributed by atoms with Crippen molar-refractivity contribution in [3.05, 3.63) is 59.7 Å². The van der Waals surface area contributed by atoms with Crippen LogP contribution in [0.25, 0.3) is 0 Å². The Morgan fingerprint density at radius 1 is 1.24 bits per heavy atom. The Morgan fingerprint density at radius 3 is 2.52 bits per heavy atom. The third-order valence-electron chi connectivity index (χ3n) is 2.88. The number of nitrogens with one attached hydrogen (secondary N) is 1. The van der Waals surface area contributed by atoms with E-state index in [1.54, 1.807) is 24.2 Å². The van der Waals surface area contributed by atoms with Crippen LogP contribution in [-0.2, 0) is 13.1 Å². The number of aromatic nitrogens is 2. The molecule has 0 aromatic carbocycles. The maximum absolute atomic E-state index is 11.3. The van der Waals surface area contributed by atoms with Gasteiger partial charge in [0.15, 0.2) is 0 Å². The van der Waals surface area contributed by atoms with E-state index in [-0.39, 0.29) is 5.91 Å². The Kier molecular flexibility index (Phi) is 5.68. The lowest BCUT2D eigenvalue weighted by molar-refractivity contribution is 0.0953. The highest BCUT2D eigenvalue weighted by Gasteiger charge is 2.09. The number of hydrogen-bond donors (Lipinski definition) is 2. The van der Waals surface area contributed by atoms with Gasteiger partial charge in [-0.2, -0.15) is 0 Å². The first-order chi connectivity index (χ1) is 10.2. The van der Waals surface area contributed by atoms with E-state index in [4.69, 9.17) is 5.84 Å². The molecule has 21 heavy (non-hydrogen) atoms. The second-order valence-electron chi connectivity index (χ2n) is 4.31. The molecule has 0 bridgehead atoms. The molecule has 0 fully saturated rings. The Bertz CT molecular complexity index is 576. The van der Waals surface area contributed by atoms with E-state index in [9.17, 15) is 4.79 Å². The van der Waals surface area contributed by atoms with Crippen LogP contribution in [0.5, 0.6) is 0 Å². The lowest BCUT2D eigenvalue weighted by atomic mass is 10.2. The summed E-state index contributed by atoms with van der Waals surface area (Å²) >= 11 is 1.63. The molecule has 0 spiro atoms. The first kappa shape index (κ1) is 15.4. The number of hydrogen-bond acceptors (Lipinski definition) is 6. The summed E-state index contributed by atoms with van der Waals surface area (Å²) in [4.78, 5) is 19.9. The third-order valence-corrected chi connectivity index (χ3v) is 3.65. The summed E-state index contributed by atoms with van der Waals surface area (Å²) < 4.78 is 2.15. The van der Waals surface area contributed by atoms with Crippen molar-refractivity contribution in [2.75, 3.05) is 6.26 Å². The van der Waals surface area contributed by atoms with Gasteiger partial charge in [-0.1, -0.05) is 18.0 Å². The number of nitrogen functional groups attached to an aromatic ring is 1. The van der Waals surface area contributed by atoms with E-state index in [2.05, 4.69) is 19.7 Å². The lowest BCUT2D eigenvalue weighted by Crippen LogP contribution is -2.30. The number of nitrogens with two attached hydrogens (primary N) is 1. The average molecular weight is 303 g/mol. The van der Waals surface area contributed by atoms with Crippen LogP contribution in [0.15, 0.2) is 42.7 Å². The van der Waals surface area contributed by atoms with Gasteiger partial charge in [0.05, 0.1) is 30.0 Å². The van der Waals surface area contributed by atoms with Crippen LogP contribution in [0.2, 0.25) is 0 Å². The van der Waals surface area contributed by atoms with Crippen molar-refractivity contribution in [1.82, 2.24) is 19.7 Å². The molecule has 1 amide bonds. The zero-order valence-corrected chi connectivity index (χ0v) is 12.5. The molecular formula is C14H17N5OS. The van der Waals surface area contributed by atoms with Crippen LogP contribution in [0, 0.1) is 0 Å². The van der Waals surface area contributed by atoms with Gasteiger partial charge in [0, 0.05) is 12.4 Å². The molecular weight excluding hydrogens is 286 g/mol. The zero-order valence-electron chi connectivity index (χ0n) is 11.7. The molecule has 0 atom stereocenters. The first-order valence-electron chi connectivity index (χ1n) is 6.37. The maximum atomic E-state index is 11.3. The van der Waals surface area contributed by atoms with Crippen molar-refractivity contribution in [2.24, 2.45) is 5.84 Å². The first-order valence-corrected chi connectivity index (χ1v) is 7.56. The second kappa shape index (κ2) is 7.72. The fraction of sp³-hybridized carbons (Fsp3) is 0.214. The fourth-order valence-corrected chi connectivity index (χ4v) is 2.30. The lowest BCUT2D eigenvalue weighted by Gasteiger charge is -2.18. The van der Waals surface area contributed by atoms with Crippen LogP contribution in [-0.4, -0.2) is 26.4 Å². The van der Waals surface area contributed by atoms with Crippen LogP contribution < -0.4 is 11.3 Å². The number of carbonyl (C=O) groups is 1. The van der Waals surface area contributed by atoms with Gasteiger partial charge in [-0.25, -0.2) is 10.1 Å². The minimum Gasteiger partial charge on any atom is -0.290 e. The highest BCUT2D eigenvalue weighted by Crippen LogP contribution is 2.14. The zero-order chi connectivity index (χ0) is 15.1. The summed E-state index contributed by atoms with van der Waals surface area (Å²) in [5.41, 5.74) is 4.42. The van der Waals surface area contributed by atoms with Gasteiger partial charge >= 0.3 is 0 Å². The van der Waals surface area contributed by atoms with E-state index >= 15 is 0 Å². The summed E-state index contributed by atoms with van der Waals surface area (Å²) in [5.74, 6) is 4.74. The second-order valence-corrected chi connectivity index (χ2v) is 5.19. The SMILES string of the molecule is CSN(Cc1ccccn1)Cc1ccc(C(=O)NN)cn1. The number of amides is 1. The predicted octanol–water partition coefficient (Wildman–Crippen LogP) is 1.36. The summed E-state index contributed by atoms with van der Waals surface area (Å²) in [5, 5.41) is 0. The van der Waals surface area contributed by atoms with E-state index in [1.165, 1.54) is 6.20 Å². The minimum absolute atomic E-state index is 0.343. The molecule has 2 rings (SSSR count). The smallest absolute Gasteiger partial charge is 0.266 e. The normalized spacial score (nSPS) is 10.6. The van der Waals surface area contributed by atoms with E-state index in [0.717, 1.165) is 17.9 Å². The third kappa shape index (κ3) is 4.52. The van der Waals surface area contributed by atoms with E-state index in [1.807, 2.05) is 30.5 Å². The van der Waals surface area contributed by atoms with Gasteiger partial charge in [0.25, 0.3) is 5.91 Å². The molecule has 0 radical (unpaired) electrons. The molecule has 2 heterocycles. The van der Waals surface area contributed by atoms with Crippen molar-refractivity contribution in [3.8, 4) is 0 Å². The molecule has 0 saturated heterocycles. The molecule has 6 nitrogen and oxygen atoms in total. The number of rotatable bonds is 6. The van der Waals surface area contributed by atoms with Crippen molar-refractivity contribution < 1.29 is 4.79 Å². The van der Waals surface area contributed by atoms with Gasteiger partial charge in [0.1, 0.15) is 0 Å². The van der Waals surface area contributed by atoms with Crippen LogP contribution in [0.1, 0.15) is 21.7 Å². The molecule has 0 saturated carbocycles. The molecule has 0 aliphatic heterocycles. The van der Waals surface area contributed by atoms with Crippen molar-refractivity contribution in [3.63, 3.8) is 0 Å². The predicted molar refractivity (Wildman–Crippen MR) is 82.9 cm³/mol. The van der Waals surface area contributed by atoms with Crippen molar-refractivity contribution in [2.45, 2.75) is 13.1 Å². The maximum Gasteiger partial charge on any atom is 0.266 e. The van der Waals surface area contributed by atoms with Crippen LogP contribution in [0.3, 0.4) is 0 Å². The monoisotopic (exact) mass is 303 g/mol. The molecule has 2 aromatic rings. The Balaban J connectivity index is 2.00. The molecule has 2 aromatic heterocycles. The summed E-state index contributed by atoms with van der Waals surface area (Å²) in [6.07, 6.45) is 5.32. The van der Waals surface area contributed by atoms with Gasteiger partial charge in [-0.3, -0.25) is 20.2 Å². The number of nitrogens with zero attached hydrogens (tertiary/aromatic N) is 3. The molecule has 3 N–H and O–H groups in total. The van der Waals surface area contributed by atoms with Gasteiger partial charge < -0.3 is 0 Å². The summed E-state index contributed by atoms with van der Waals surface area (Å²) in [6, 6.07) is 9.40. The standard InChI is InChI=1S/C14H17N5OS/c1-21-19(9-12-4-2-3-7-16-12)10-13-6-5-11(8-17-13)14(20)18-15/h2-8H,9-10,15H2,1H3,(H,18,20). The molecule has 0 unspecified atom stereocenters. The van der Waals surface area contributed by atoms with Crippen molar-refractivity contribution >= 4 is 17.9 Å². The van der Waals surface area contributed by atoms with E-state index in [0.29, 0.717) is 12.1 Å². The number of hydrazine groups is 1.